The van der Waals surface area contributed by atoms with Crippen LogP contribution in [0.2, 0.25) is 0 Å². The van der Waals surface area contributed by atoms with Crippen LogP contribution in [-0.4, -0.2) is 49.2 Å². The van der Waals surface area contributed by atoms with E-state index >= 15 is 4.39 Å². The van der Waals surface area contributed by atoms with Gasteiger partial charge in [-0.05, 0) is 35.9 Å². The molecule has 2 aromatic carbocycles. The van der Waals surface area contributed by atoms with Crippen LogP contribution in [0.5, 0.6) is 5.75 Å². The third-order valence-corrected chi connectivity index (χ3v) is 6.21. The summed E-state index contributed by atoms with van der Waals surface area (Å²) in [5.74, 6) is -1.07. The molecule has 0 N–H and O–H groups in total. The van der Waals surface area contributed by atoms with Crippen molar-refractivity contribution in [3.8, 4) is 28.2 Å². The molecule has 0 atom stereocenters. The molecule has 3 heterocycles. The largest absolute Gasteiger partial charge is 0.501 e. The molecular formula is C28H23F2N3O4. The SMILES string of the molecule is [C-]#[N+]c1cc(-c2c(F)cnc3cc(-c4ccc(C(=O)N(C)C)cc4F)oc23)ccc1OC1CCOCC1. The molecule has 1 saturated heterocycles. The van der Waals surface area contributed by atoms with Crippen LogP contribution in [0.4, 0.5) is 14.5 Å². The van der Waals surface area contributed by atoms with Gasteiger partial charge in [-0.15, -0.1) is 0 Å². The van der Waals surface area contributed by atoms with Crippen LogP contribution in [0.15, 0.2) is 53.1 Å². The van der Waals surface area contributed by atoms with E-state index in [4.69, 9.17) is 20.5 Å². The van der Waals surface area contributed by atoms with Gasteiger partial charge < -0.3 is 18.8 Å². The molecule has 1 aliphatic heterocycles. The molecule has 4 aromatic rings. The zero-order valence-corrected chi connectivity index (χ0v) is 20.3. The van der Waals surface area contributed by atoms with E-state index in [0.29, 0.717) is 30.0 Å². The number of hydrogen-bond acceptors (Lipinski definition) is 5. The van der Waals surface area contributed by atoms with Gasteiger partial charge in [-0.2, -0.15) is 0 Å². The number of halogens is 2. The maximum atomic E-state index is 15.1. The monoisotopic (exact) mass is 503 g/mol. The number of carbonyl (C=O) groups is 1. The lowest BCUT2D eigenvalue weighted by Gasteiger charge is -2.24. The van der Waals surface area contributed by atoms with Crippen molar-refractivity contribution in [2.75, 3.05) is 27.3 Å². The molecule has 0 bridgehead atoms. The first-order chi connectivity index (χ1) is 17.9. The van der Waals surface area contributed by atoms with E-state index in [1.54, 1.807) is 32.3 Å². The van der Waals surface area contributed by atoms with E-state index in [-0.39, 0.29) is 45.7 Å². The zero-order chi connectivity index (χ0) is 26.1. The Morgan fingerprint density at radius 1 is 1.11 bits per heavy atom. The van der Waals surface area contributed by atoms with Gasteiger partial charge in [0.2, 0.25) is 5.69 Å². The van der Waals surface area contributed by atoms with Crippen LogP contribution in [0, 0.1) is 18.2 Å². The van der Waals surface area contributed by atoms with Crippen LogP contribution in [0.25, 0.3) is 38.4 Å². The average Bonchev–Trinajstić information content (AvgIpc) is 3.33. The maximum Gasteiger partial charge on any atom is 0.253 e. The van der Waals surface area contributed by atoms with Crippen molar-refractivity contribution >= 4 is 22.7 Å². The van der Waals surface area contributed by atoms with E-state index in [2.05, 4.69) is 9.83 Å². The molecule has 9 heteroatoms. The van der Waals surface area contributed by atoms with Crippen LogP contribution in [0.3, 0.4) is 0 Å². The number of nitrogens with zero attached hydrogens (tertiary/aromatic N) is 3. The minimum Gasteiger partial charge on any atom is -0.501 e. The van der Waals surface area contributed by atoms with E-state index < -0.39 is 11.6 Å². The number of benzene rings is 2. The molecule has 0 radical (unpaired) electrons. The van der Waals surface area contributed by atoms with Crippen LogP contribution < -0.4 is 4.74 Å². The Labute approximate surface area is 212 Å². The highest BCUT2D eigenvalue weighted by atomic mass is 19.1. The number of amides is 1. The van der Waals surface area contributed by atoms with Crippen LogP contribution in [0.1, 0.15) is 23.2 Å². The Balaban J connectivity index is 1.53. The first kappa shape index (κ1) is 24.4. The number of ether oxygens (including phenoxy) is 2. The number of fused-ring (bicyclic) bond motifs is 1. The van der Waals surface area contributed by atoms with Crippen molar-refractivity contribution in [3.05, 3.63) is 77.3 Å². The van der Waals surface area contributed by atoms with Gasteiger partial charge in [-0.25, -0.2) is 18.6 Å². The quantitative estimate of drug-likeness (QED) is 0.301. The summed E-state index contributed by atoms with van der Waals surface area (Å²) in [6.07, 6.45) is 2.48. The Morgan fingerprint density at radius 2 is 1.89 bits per heavy atom. The van der Waals surface area contributed by atoms with Gasteiger partial charge in [-0.3, -0.25) is 4.79 Å². The van der Waals surface area contributed by atoms with Crippen molar-refractivity contribution in [1.82, 2.24) is 9.88 Å². The van der Waals surface area contributed by atoms with E-state index in [9.17, 15) is 9.18 Å². The molecule has 37 heavy (non-hydrogen) atoms. The average molecular weight is 504 g/mol. The summed E-state index contributed by atoms with van der Waals surface area (Å²) in [7, 11) is 3.16. The lowest BCUT2D eigenvalue weighted by molar-refractivity contribution is 0.0259. The van der Waals surface area contributed by atoms with Crippen LogP contribution in [-0.2, 0) is 4.74 Å². The van der Waals surface area contributed by atoms with E-state index in [1.165, 1.54) is 23.1 Å². The predicted octanol–water partition coefficient (Wildman–Crippen LogP) is 6.25. The minimum atomic E-state index is -0.654. The first-order valence-corrected chi connectivity index (χ1v) is 11.7. The minimum absolute atomic E-state index is 0.0496. The summed E-state index contributed by atoms with van der Waals surface area (Å²) in [6.45, 7) is 8.82. The second-order valence-corrected chi connectivity index (χ2v) is 8.92. The summed E-state index contributed by atoms with van der Waals surface area (Å²) >= 11 is 0. The van der Waals surface area contributed by atoms with Crippen molar-refractivity contribution in [1.29, 1.82) is 0 Å². The molecule has 1 amide bonds. The second-order valence-electron chi connectivity index (χ2n) is 8.92. The summed E-state index contributed by atoms with van der Waals surface area (Å²) < 4.78 is 47.3. The van der Waals surface area contributed by atoms with Crippen molar-refractivity contribution in [3.63, 3.8) is 0 Å². The Kier molecular flexibility index (Phi) is 6.59. The Bertz CT molecular complexity index is 1530. The molecule has 1 fully saturated rings. The van der Waals surface area contributed by atoms with Gasteiger partial charge in [0.05, 0.1) is 37.1 Å². The third-order valence-electron chi connectivity index (χ3n) is 6.21. The van der Waals surface area contributed by atoms with Crippen molar-refractivity contribution in [2.24, 2.45) is 0 Å². The highest BCUT2D eigenvalue weighted by Gasteiger charge is 2.22. The molecule has 188 valence electrons. The Morgan fingerprint density at radius 3 is 2.59 bits per heavy atom. The van der Waals surface area contributed by atoms with Crippen molar-refractivity contribution < 1.29 is 27.5 Å². The van der Waals surface area contributed by atoms with E-state index in [1.807, 2.05) is 0 Å². The number of carbonyl (C=O) groups excluding carboxylic acids is 1. The molecule has 5 rings (SSSR count). The molecule has 0 unspecified atom stereocenters. The molecule has 1 aliphatic rings. The summed E-state index contributed by atoms with van der Waals surface area (Å²) in [6, 6.07) is 10.5. The summed E-state index contributed by atoms with van der Waals surface area (Å²) in [4.78, 5) is 21.2. The van der Waals surface area contributed by atoms with Gasteiger partial charge in [0.25, 0.3) is 5.91 Å². The van der Waals surface area contributed by atoms with Crippen LogP contribution >= 0.6 is 0 Å². The molecule has 0 aliphatic carbocycles. The standard InChI is InChI=1S/C28H23F2N3O4/c1-31-22-13-16(5-7-24(22)36-18-8-10-35-11-9-18)26-21(30)15-32-23-14-25(37-27(23)26)19-6-4-17(12-20(19)29)28(34)33(2)3/h4-7,12-15,18H,8-11H2,2-3H3. The van der Waals surface area contributed by atoms with Gasteiger partial charge in [0.1, 0.15) is 28.9 Å². The number of rotatable bonds is 5. The lowest BCUT2D eigenvalue weighted by Crippen LogP contribution is -2.25. The molecule has 0 saturated carbocycles. The van der Waals surface area contributed by atoms with E-state index in [0.717, 1.165) is 25.1 Å². The number of pyridine rings is 1. The third kappa shape index (κ3) is 4.76. The molecule has 0 spiro atoms. The first-order valence-electron chi connectivity index (χ1n) is 11.7. The Hall–Kier alpha value is -4.29. The van der Waals surface area contributed by atoms with Gasteiger partial charge in [0.15, 0.2) is 11.4 Å². The van der Waals surface area contributed by atoms with Gasteiger partial charge >= 0.3 is 0 Å². The molecule has 7 nitrogen and oxygen atoms in total. The highest BCUT2D eigenvalue weighted by molar-refractivity contribution is 5.95. The number of aromatic nitrogens is 1. The summed E-state index contributed by atoms with van der Waals surface area (Å²) in [5.41, 5.74) is 1.51. The van der Waals surface area contributed by atoms with Gasteiger partial charge in [0, 0.05) is 38.6 Å². The van der Waals surface area contributed by atoms with Gasteiger partial charge in [-0.1, -0.05) is 6.07 Å². The smallest absolute Gasteiger partial charge is 0.253 e. The molecule has 2 aromatic heterocycles. The topological polar surface area (TPSA) is 69.2 Å². The zero-order valence-electron chi connectivity index (χ0n) is 20.3. The fourth-order valence-corrected chi connectivity index (χ4v) is 4.30. The number of furan rings is 1. The fraction of sp³-hybridized carbons (Fsp3) is 0.250. The number of hydrogen-bond donors (Lipinski definition) is 0. The maximum absolute atomic E-state index is 15.1. The summed E-state index contributed by atoms with van der Waals surface area (Å²) in [5, 5.41) is 0. The molecular weight excluding hydrogens is 480 g/mol. The fourth-order valence-electron chi connectivity index (χ4n) is 4.30. The lowest BCUT2D eigenvalue weighted by atomic mass is 10.0. The second kappa shape index (κ2) is 9.99. The normalized spacial score (nSPS) is 13.9. The predicted molar refractivity (Wildman–Crippen MR) is 134 cm³/mol. The van der Waals surface area contributed by atoms with Crippen molar-refractivity contribution in [2.45, 2.75) is 18.9 Å². The highest BCUT2D eigenvalue weighted by Crippen LogP contribution is 2.40.